The molecule has 2 rings (SSSR count). The first-order valence-corrected chi connectivity index (χ1v) is 8.53. The molecule has 140 valence electrons. The number of rotatable bonds is 7. The van der Waals surface area contributed by atoms with Crippen molar-refractivity contribution in [3.8, 4) is 11.9 Å². The fourth-order valence-electron chi connectivity index (χ4n) is 2.11. The number of amides is 1. The topological polar surface area (TPSA) is 96.6 Å². The molecule has 9 heteroatoms. The number of halogens is 2. The number of hydrogen-bond donors (Lipinski definition) is 1. The molecule has 1 aromatic carbocycles. The van der Waals surface area contributed by atoms with E-state index < -0.39 is 5.91 Å². The third-order valence-corrected chi connectivity index (χ3v) is 4.43. The van der Waals surface area contributed by atoms with Crippen LogP contribution in [0.3, 0.4) is 0 Å². The molecule has 1 N–H and O–H groups in total. The maximum atomic E-state index is 12.8. The first kappa shape index (κ1) is 20.5. The van der Waals surface area contributed by atoms with Gasteiger partial charge in [0.05, 0.1) is 18.5 Å². The average Bonchev–Trinajstić information content (AvgIpc) is 2.65. The number of benzene rings is 1. The lowest BCUT2D eigenvalue weighted by atomic mass is 10.1. The first-order chi connectivity index (χ1) is 13.0. The van der Waals surface area contributed by atoms with Gasteiger partial charge in [-0.15, -0.1) is 0 Å². The zero-order chi connectivity index (χ0) is 19.8. The molecule has 7 nitrogen and oxygen atoms in total. The van der Waals surface area contributed by atoms with E-state index in [9.17, 15) is 14.4 Å². The number of methoxy groups -OCH3 is 1. The lowest BCUT2D eigenvalue weighted by Crippen LogP contribution is -2.25. The Balaban J connectivity index is 2.02. The molecule has 0 fully saturated rings. The van der Waals surface area contributed by atoms with Crippen LogP contribution in [-0.2, 0) is 16.1 Å². The highest BCUT2D eigenvalue weighted by molar-refractivity contribution is 9.10. The zero-order valence-electron chi connectivity index (χ0n) is 14.6. The van der Waals surface area contributed by atoms with E-state index in [0.29, 0.717) is 21.3 Å². The van der Waals surface area contributed by atoms with Crippen LogP contribution < -0.4 is 10.2 Å². The largest absolute Gasteiger partial charge is 0.467 e. The molecule has 1 aromatic heterocycles. The van der Waals surface area contributed by atoms with Crippen LogP contribution in [-0.4, -0.2) is 30.8 Å². The molecule has 27 heavy (non-hydrogen) atoms. The number of hydrazone groups is 1. The number of aryl methyl sites for hydroxylation is 1. The van der Waals surface area contributed by atoms with Crippen LogP contribution >= 0.6 is 15.9 Å². The average molecular weight is 435 g/mol. The van der Waals surface area contributed by atoms with E-state index in [0.717, 1.165) is 0 Å². The van der Waals surface area contributed by atoms with Crippen molar-refractivity contribution >= 4 is 28.1 Å². The summed E-state index contributed by atoms with van der Waals surface area (Å²) in [6, 6.07) is 7.63. The van der Waals surface area contributed by atoms with Crippen molar-refractivity contribution in [2.45, 2.75) is 13.5 Å². The Kier molecular flexibility index (Phi) is 7.40. The van der Waals surface area contributed by atoms with Gasteiger partial charge in [-0.05, 0) is 40.5 Å². The number of aromatic nitrogens is 1. The van der Waals surface area contributed by atoms with Gasteiger partial charge in [0.2, 0.25) is 5.88 Å². The summed E-state index contributed by atoms with van der Waals surface area (Å²) in [6.45, 7) is 1.55. The first-order valence-electron chi connectivity index (χ1n) is 7.74. The Morgan fingerprint density at radius 1 is 1.44 bits per heavy atom. The second kappa shape index (κ2) is 9.75. The molecule has 0 saturated carbocycles. The standard InChI is InChI=1S/C18H16BrFN4O3/c1-11-17(19)15(9-26-2)14(7-21)18(23-11)27-10-16(25)24-22-8-12-3-5-13(20)6-4-12/h3-6,8H,9-10H2,1-2H3,(H,24,25)/b22-8-. The van der Waals surface area contributed by atoms with Crippen LogP contribution in [0.15, 0.2) is 33.8 Å². The zero-order valence-corrected chi connectivity index (χ0v) is 16.2. The monoisotopic (exact) mass is 434 g/mol. The quantitative estimate of drug-likeness (QED) is 0.533. The van der Waals surface area contributed by atoms with Crippen molar-refractivity contribution in [2.75, 3.05) is 13.7 Å². The van der Waals surface area contributed by atoms with Crippen molar-refractivity contribution in [3.05, 3.63) is 56.9 Å². The van der Waals surface area contributed by atoms with Crippen LogP contribution in [0, 0.1) is 24.1 Å². The van der Waals surface area contributed by atoms with E-state index in [1.807, 2.05) is 6.07 Å². The Labute approximate surface area is 163 Å². The Morgan fingerprint density at radius 3 is 2.78 bits per heavy atom. The number of nitrogens with one attached hydrogen (secondary N) is 1. The summed E-state index contributed by atoms with van der Waals surface area (Å²) in [6.07, 6.45) is 1.37. The molecule has 0 atom stereocenters. The number of nitriles is 1. The third kappa shape index (κ3) is 5.57. The Morgan fingerprint density at radius 2 is 2.15 bits per heavy atom. The van der Waals surface area contributed by atoms with Crippen molar-refractivity contribution in [1.82, 2.24) is 10.4 Å². The predicted octanol–water partition coefficient (Wildman–Crippen LogP) is 2.84. The molecule has 0 spiro atoms. The van der Waals surface area contributed by atoms with Gasteiger partial charge in [-0.3, -0.25) is 4.79 Å². The second-order valence-corrected chi connectivity index (χ2v) is 6.14. The SMILES string of the molecule is COCc1c(Br)c(C)nc(OCC(=O)N/N=C\c2ccc(F)cc2)c1C#N. The van der Waals surface area contributed by atoms with Gasteiger partial charge >= 0.3 is 0 Å². The van der Waals surface area contributed by atoms with E-state index in [1.54, 1.807) is 6.92 Å². The molecule has 1 amide bonds. The normalized spacial score (nSPS) is 10.6. The van der Waals surface area contributed by atoms with Gasteiger partial charge in [-0.25, -0.2) is 14.8 Å². The molecule has 2 aromatic rings. The number of nitrogens with zero attached hydrogens (tertiary/aromatic N) is 3. The molecule has 0 aliphatic heterocycles. The van der Waals surface area contributed by atoms with E-state index in [1.165, 1.54) is 37.6 Å². The van der Waals surface area contributed by atoms with Gasteiger partial charge in [-0.2, -0.15) is 10.4 Å². The number of pyridine rings is 1. The molecular weight excluding hydrogens is 419 g/mol. The van der Waals surface area contributed by atoms with E-state index >= 15 is 0 Å². The van der Waals surface area contributed by atoms with Crippen LogP contribution in [0.4, 0.5) is 4.39 Å². The minimum absolute atomic E-state index is 0.0444. The molecule has 0 aliphatic carbocycles. The van der Waals surface area contributed by atoms with Crippen LogP contribution in [0.2, 0.25) is 0 Å². The fraction of sp³-hybridized carbons (Fsp3) is 0.222. The number of carbonyl (C=O) groups excluding carboxylic acids is 1. The highest BCUT2D eigenvalue weighted by Crippen LogP contribution is 2.29. The number of hydrogen-bond acceptors (Lipinski definition) is 6. The summed E-state index contributed by atoms with van der Waals surface area (Å²) in [4.78, 5) is 16.1. The van der Waals surface area contributed by atoms with Crippen molar-refractivity contribution in [3.63, 3.8) is 0 Å². The molecule has 1 heterocycles. The van der Waals surface area contributed by atoms with Crippen LogP contribution in [0.25, 0.3) is 0 Å². The van der Waals surface area contributed by atoms with Crippen molar-refractivity contribution < 1.29 is 18.7 Å². The Bertz CT molecular complexity index is 895. The van der Waals surface area contributed by atoms with Gasteiger partial charge in [0.15, 0.2) is 6.61 Å². The molecule has 0 aliphatic rings. The van der Waals surface area contributed by atoms with Gasteiger partial charge in [-0.1, -0.05) is 12.1 Å². The maximum Gasteiger partial charge on any atom is 0.278 e. The van der Waals surface area contributed by atoms with E-state index in [4.69, 9.17) is 9.47 Å². The molecule has 0 unspecified atom stereocenters. The van der Waals surface area contributed by atoms with Crippen LogP contribution in [0.1, 0.15) is 22.4 Å². The van der Waals surface area contributed by atoms with Gasteiger partial charge < -0.3 is 9.47 Å². The summed E-state index contributed by atoms with van der Waals surface area (Å²) >= 11 is 3.38. The summed E-state index contributed by atoms with van der Waals surface area (Å²) < 4.78 is 24.0. The van der Waals surface area contributed by atoms with Gasteiger partial charge in [0, 0.05) is 17.1 Å². The van der Waals surface area contributed by atoms with Crippen molar-refractivity contribution in [1.29, 1.82) is 5.26 Å². The molecule has 0 radical (unpaired) electrons. The molecule has 0 bridgehead atoms. The number of carbonyl (C=O) groups is 1. The highest BCUT2D eigenvalue weighted by atomic mass is 79.9. The van der Waals surface area contributed by atoms with Gasteiger partial charge in [0.25, 0.3) is 5.91 Å². The predicted molar refractivity (Wildman–Crippen MR) is 99.7 cm³/mol. The lowest BCUT2D eigenvalue weighted by Gasteiger charge is -2.13. The minimum atomic E-state index is -0.534. The number of ether oxygens (including phenoxy) is 2. The van der Waals surface area contributed by atoms with E-state index in [-0.39, 0.29) is 30.5 Å². The Hall–Kier alpha value is -2.83. The summed E-state index contributed by atoms with van der Waals surface area (Å²) in [7, 11) is 1.51. The lowest BCUT2D eigenvalue weighted by molar-refractivity contribution is -0.123. The summed E-state index contributed by atoms with van der Waals surface area (Å²) in [5, 5.41) is 13.2. The fourth-order valence-corrected chi connectivity index (χ4v) is 2.51. The highest BCUT2D eigenvalue weighted by Gasteiger charge is 2.18. The van der Waals surface area contributed by atoms with Crippen molar-refractivity contribution in [2.24, 2.45) is 5.10 Å². The van der Waals surface area contributed by atoms with E-state index in [2.05, 4.69) is 31.4 Å². The molecular formula is C18H16BrFN4O3. The molecule has 0 saturated heterocycles. The second-order valence-electron chi connectivity index (χ2n) is 5.35. The summed E-state index contributed by atoms with van der Waals surface area (Å²) in [5.74, 6) is -0.848. The maximum absolute atomic E-state index is 12.8. The summed E-state index contributed by atoms with van der Waals surface area (Å²) in [5.41, 5.74) is 4.30. The smallest absolute Gasteiger partial charge is 0.278 e. The third-order valence-electron chi connectivity index (χ3n) is 3.38. The van der Waals surface area contributed by atoms with Gasteiger partial charge in [0.1, 0.15) is 17.4 Å². The van der Waals surface area contributed by atoms with Crippen LogP contribution in [0.5, 0.6) is 5.88 Å². The minimum Gasteiger partial charge on any atom is -0.467 e.